The SMILES string of the molecule is Cc1nc(C2=CCC(C(=O)N(CCO)C3CC3)=C2)cs1. The average molecular weight is 290 g/mol. The van der Waals surface area contributed by atoms with Crippen LogP contribution in [0, 0.1) is 6.92 Å². The zero-order valence-electron chi connectivity index (χ0n) is 11.5. The van der Waals surface area contributed by atoms with E-state index < -0.39 is 0 Å². The van der Waals surface area contributed by atoms with Crippen LogP contribution in [-0.2, 0) is 4.79 Å². The molecule has 3 rings (SSSR count). The van der Waals surface area contributed by atoms with E-state index in [1.54, 1.807) is 11.3 Å². The van der Waals surface area contributed by atoms with E-state index >= 15 is 0 Å². The molecule has 1 amide bonds. The minimum atomic E-state index is 0.0289. The van der Waals surface area contributed by atoms with Gasteiger partial charge in [-0.05, 0) is 37.8 Å². The standard InChI is InChI=1S/C15H18N2O2S/c1-10-16-14(9-20-10)11-2-3-12(8-11)15(19)17(6-7-18)13-4-5-13/h2,8-9,13,18H,3-7H2,1H3. The molecule has 0 radical (unpaired) electrons. The van der Waals surface area contributed by atoms with E-state index in [0.717, 1.165) is 34.7 Å². The molecule has 0 aliphatic heterocycles. The van der Waals surface area contributed by atoms with Gasteiger partial charge in [0.05, 0.1) is 17.3 Å². The number of hydrogen-bond donors (Lipinski definition) is 1. The number of rotatable bonds is 5. The quantitative estimate of drug-likeness (QED) is 0.904. The van der Waals surface area contributed by atoms with Gasteiger partial charge in [0.15, 0.2) is 0 Å². The predicted molar refractivity (Wildman–Crippen MR) is 79.3 cm³/mol. The van der Waals surface area contributed by atoms with E-state index in [0.29, 0.717) is 19.0 Å². The molecule has 4 nitrogen and oxygen atoms in total. The molecule has 106 valence electrons. The molecule has 2 aliphatic rings. The lowest BCUT2D eigenvalue weighted by Gasteiger charge is -2.21. The molecule has 0 spiro atoms. The summed E-state index contributed by atoms with van der Waals surface area (Å²) < 4.78 is 0. The van der Waals surface area contributed by atoms with Crippen molar-refractivity contribution in [3.63, 3.8) is 0 Å². The van der Waals surface area contributed by atoms with E-state index in [4.69, 9.17) is 5.11 Å². The molecule has 1 heterocycles. The van der Waals surface area contributed by atoms with Crippen molar-refractivity contribution in [2.45, 2.75) is 32.2 Å². The number of thiazole rings is 1. The number of hydrogen-bond acceptors (Lipinski definition) is 4. The summed E-state index contributed by atoms with van der Waals surface area (Å²) in [5.41, 5.74) is 2.80. The maximum atomic E-state index is 12.5. The fourth-order valence-electron chi connectivity index (χ4n) is 2.48. The van der Waals surface area contributed by atoms with Crippen LogP contribution < -0.4 is 0 Å². The van der Waals surface area contributed by atoms with Gasteiger partial charge >= 0.3 is 0 Å². The highest BCUT2D eigenvalue weighted by atomic mass is 32.1. The van der Waals surface area contributed by atoms with Crippen LogP contribution in [0.15, 0.2) is 23.1 Å². The predicted octanol–water partition coefficient (Wildman–Crippen LogP) is 2.15. The second-order valence-electron chi connectivity index (χ2n) is 5.24. The number of aliphatic hydroxyl groups is 1. The Morgan fingerprint density at radius 1 is 1.55 bits per heavy atom. The Balaban J connectivity index is 1.74. The zero-order chi connectivity index (χ0) is 14.1. The lowest BCUT2D eigenvalue weighted by Crippen LogP contribution is -2.36. The highest BCUT2D eigenvalue weighted by Gasteiger charge is 2.33. The van der Waals surface area contributed by atoms with Crippen LogP contribution in [0.2, 0.25) is 0 Å². The lowest BCUT2D eigenvalue weighted by atomic mass is 10.2. The highest BCUT2D eigenvalue weighted by Crippen LogP contribution is 2.32. The molecule has 0 bridgehead atoms. The number of allylic oxidation sites excluding steroid dienone is 3. The van der Waals surface area contributed by atoms with Crippen molar-refractivity contribution in [2.75, 3.05) is 13.2 Å². The zero-order valence-corrected chi connectivity index (χ0v) is 12.3. The Hall–Kier alpha value is -1.46. The molecule has 2 aliphatic carbocycles. The number of nitrogens with zero attached hydrogens (tertiary/aromatic N) is 2. The van der Waals surface area contributed by atoms with Crippen molar-refractivity contribution >= 4 is 22.8 Å². The Bertz CT molecular complexity index is 584. The van der Waals surface area contributed by atoms with Gasteiger partial charge in [0, 0.05) is 23.5 Å². The van der Waals surface area contributed by atoms with E-state index in [-0.39, 0.29) is 12.5 Å². The molecular formula is C15H18N2O2S. The van der Waals surface area contributed by atoms with Gasteiger partial charge in [-0.25, -0.2) is 4.98 Å². The third-order valence-electron chi connectivity index (χ3n) is 3.65. The first-order valence-corrected chi connectivity index (χ1v) is 7.82. The summed E-state index contributed by atoms with van der Waals surface area (Å²) in [4.78, 5) is 18.8. The fourth-order valence-corrected chi connectivity index (χ4v) is 3.10. The molecule has 0 aromatic carbocycles. The van der Waals surface area contributed by atoms with Crippen LogP contribution >= 0.6 is 11.3 Å². The van der Waals surface area contributed by atoms with Gasteiger partial charge < -0.3 is 10.0 Å². The third-order valence-corrected chi connectivity index (χ3v) is 4.42. The van der Waals surface area contributed by atoms with Gasteiger partial charge in [0.1, 0.15) is 0 Å². The van der Waals surface area contributed by atoms with Crippen molar-refractivity contribution in [3.8, 4) is 0 Å². The second kappa shape index (κ2) is 5.50. The average Bonchev–Trinajstić information content (AvgIpc) is 2.98. The molecular weight excluding hydrogens is 272 g/mol. The molecule has 1 aromatic rings. The lowest BCUT2D eigenvalue weighted by molar-refractivity contribution is -0.128. The van der Waals surface area contributed by atoms with Gasteiger partial charge in [0.25, 0.3) is 0 Å². The number of carbonyl (C=O) groups is 1. The first-order chi connectivity index (χ1) is 9.69. The molecule has 0 saturated heterocycles. The summed E-state index contributed by atoms with van der Waals surface area (Å²) in [5, 5.41) is 12.2. The summed E-state index contributed by atoms with van der Waals surface area (Å²) in [6.45, 7) is 2.45. The van der Waals surface area contributed by atoms with Gasteiger partial charge in [-0.1, -0.05) is 6.08 Å². The minimum Gasteiger partial charge on any atom is -0.395 e. The maximum Gasteiger partial charge on any atom is 0.250 e. The van der Waals surface area contributed by atoms with Crippen LogP contribution in [0.1, 0.15) is 30.0 Å². The summed E-state index contributed by atoms with van der Waals surface area (Å²) in [7, 11) is 0. The second-order valence-corrected chi connectivity index (χ2v) is 6.30. The Labute approximate surface area is 122 Å². The number of amides is 1. The van der Waals surface area contributed by atoms with Crippen molar-refractivity contribution in [1.29, 1.82) is 0 Å². The summed E-state index contributed by atoms with van der Waals surface area (Å²) in [5.74, 6) is 0.0692. The van der Waals surface area contributed by atoms with E-state index in [9.17, 15) is 4.79 Å². The molecule has 0 unspecified atom stereocenters. The van der Waals surface area contributed by atoms with Crippen molar-refractivity contribution in [3.05, 3.63) is 33.8 Å². The smallest absolute Gasteiger partial charge is 0.250 e. The Kier molecular flexibility index (Phi) is 3.72. The summed E-state index contributed by atoms with van der Waals surface area (Å²) in [6, 6.07) is 0.334. The van der Waals surface area contributed by atoms with Crippen LogP contribution in [0.3, 0.4) is 0 Å². The molecule has 1 fully saturated rings. The van der Waals surface area contributed by atoms with E-state index in [2.05, 4.69) is 11.1 Å². The normalized spacial score (nSPS) is 17.9. The van der Waals surface area contributed by atoms with Gasteiger partial charge in [0.2, 0.25) is 5.91 Å². The molecule has 1 N–H and O–H groups in total. The summed E-state index contributed by atoms with van der Waals surface area (Å²) >= 11 is 1.62. The molecule has 1 saturated carbocycles. The fraction of sp³-hybridized carbons (Fsp3) is 0.467. The number of aliphatic hydroxyl groups excluding tert-OH is 1. The van der Waals surface area contributed by atoms with Crippen LogP contribution in [0.4, 0.5) is 0 Å². The van der Waals surface area contributed by atoms with Crippen molar-refractivity contribution < 1.29 is 9.90 Å². The topological polar surface area (TPSA) is 53.4 Å². The maximum absolute atomic E-state index is 12.5. The molecule has 5 heteroatoms. The number of aryl methyl sites for hydroxylation is 1. The minimum absolute atomic E-state index is 0.0289. The van der Waals surface area contributed by atoms with Crippen LogP contribution in [0.5, 0.6) is 0 Å². The van der Waals surface area contributed by atoms with Gasteiger partial charge in [-0.3, -0.25) is 4.79 Å². The van der Waals surface area contributed by atoms with E-state index in [1.165, 1.54) is 0 Å². The summed E-state index contributed by atoms with van der Waals surface area (Å²) in [6.07, 6.45) is 6.80. The Morgan fingerprint density at radius 3 is 2.95 bits per heavy atom. The van der Waals surface area contributed by atoms with Crippen LogP contribution in [0.25, 0.3) is 5.57 Å². The largest absolute Gasteiger partial charge is 0.395 e. The molecule has 1 aromatic heterocycles. The van der Waals surface area contributed by atoms with Crippen molar-refractivity contribution in [1.82, 2.24) is 9.88 Å². The number of aromatic nitrogens is 1. The highest BCUT2D eigenvalue weighted by molar-refractivity contribution is 7.09. The molecule has 20 heavy (non-hydrogen) atoms. The van der Waals surface area contributed by atoms with Gasteiger partial charge in [-0.15, -0.1) is 11.3 Å². The van der Waals surface area contributed by atoms with Gasteiger partial charge in [-0.2, -0.15) is 0 Å². The first-order valence-electron chi connectivity index (χ1n) is 6.94. The van der Waals surface area contributed by atoms with Crippen molar-refractivity contribution in [2.24, 2.45) is 0 Å². The monoisotopic (exact) mass is 290 g/mol. The van der Waals surface area contributed by atoms with E-state index in [1.807, 2.05) is 23.3 Å². The third kappa shape index (κ3) is 2.69. The Morgan fingerprint density at radius 2 is 2.35 bits per heavy atom. The number of carbonyl (C=O) groups excluding carboxylic acids is 1. The molecule has 0 atom stereocenters. The van der Waals surface area contributed by atoms with Crippen LogP contribution in [-0.4, -0.2) is 40.1 Å². The first kappa shape index (κ1) is 13.5.